The maximum atomic E-state index is 10.5. The van der Waals surface area contributed by atoms with Gasteiger partial charge in [0.1, 0.15) is 0 Å². The summed E-state index contributed by atoms with van der Waals surface area (Å²) in [7, 11) is 0. The Balaban J connectivity index is 2.98. The maximum absolute atomic E-state index is 10.5. The Hall–Kier alpha value is -0.700. The first kappa shape index (κ1) is 6.42. The molecule has 0 unspecified atom stereocenters. The summed E-state index contributed by atoms with van der Waals surface area (Å²) >= 11 is 2.80. The number of carbonyl (C=O) groups excluding carboxylic acids is 1. The molecule has 9 heavy (non-hydrogen) atoms. The zero-order valence-electron chi connectivity index (χ0n) is 4.54. The Morgan fingerprint density at radius 1 is 1.67 bits per heavy atom. The lowest BCUT2D eigenvalue weighted by atomic mass is 10.3. The van der Waals surface area contributed by atoms with E-state index in [0.29, 0.717) is 5.56 Å². The van der Waals surface area contributed by atoms with Crippen LogP contribution in [0.25, 0.3) is 0 Å². The Morgan fingerprint density at radius 2 is 2.44 bits per heavy atom. The van der Waals surface area contributed by atoms with Crippen LogP contribution in [0.15, 0.2) is 24.5 Å². The van der Waals surface area contributed by atoms with Gasteiger partial charge in [0.2, 0.25) is 4.69 Å². The zero-order chi connectivity index (χ0) is 6.69. The van der Waals surface area contributed by atoms with Crippen LogP contribution in [-0.2, 0) is 0 Å². The molecule has 0 bridgehead atoms. The molecule has 0 radical (unpaired) electrons. The monoisotopic (exact) mass is 185 g/mol. The molecule has 1 rings (SSSR count). The molecule has 0 fully saturated rings. The van der Waals surface area contributed by atoms with Crippen LogP contribution in [-0.4, -0.2) is 9.68 Å². The Morgan fingerprint density at radius 3 is 2.78 bits per heavy atom. The van der Waals surface area contributed by atoms with Crippen molar-refractivity contribution in [3.05, 3.63) is 30.1 Å². The molecule has 1 aromatic rings. The standard InChI is InChI=1S/C6H4BrNO/c7-6(9)5-2-1-3-8-4-5/h1-4H. The molecule has 0 saturated heterocycles. The predicted molar refractivity (Wildman–Crippen MR) is 37.5 cm³/mol. The number of halogens is 1. The smallest absolute Gasteiger partial charge is 0.229 e. The summed E-state index contributed by atoms with van der Waals surface area (Å²) in [5.41, 5.74) is 0.581. The van der Waals surface area contributed by atoms with Crippen LogP contribution in [0.2, 0.25) is 0 Å². The van der Waals surface area contributed by atoms with Gasteiger partial charge >= 0.3 is 0 Å². The second kappa shape index (κ2) is 2.73. The van der Waals surface area contributed by atoms with Gasteiger partial charge in [-0.15, -0.1) is 0 Å². The summed E-state index contributed by atoms with van der Waals surface area (Å²) in [6.07, 6.45) is 3.14. The molecule has 0 aromatic carbocycles. The predicted octanol–water partition coefficient (Wildman–Crippen LogP) is 1.62. The normalized spacial score (nSPS) is 9.00. The van der Waals surface area contributed by atoms with Crippen LogP contribution in [0.5, 0.6) is 0 Å². The summed E-state index contributed by atoms with van der Waals surface area (Å²) in [6, 6.07) is 3.42. The second-order valence-corrected chi connectivity index (χ2v) is 2.24. The first-order valence-electron chi connectivity index (χ1n) is 2.40. The molecule has 0 N–H and O–H groups in total. The molecule has 0 atom stereocenters. The second-order valence-electron chi connectivity index (χ2n) is 1.52. The number of nitrogens with zero attached hydrogens (tertiary/aromatic N) is 1. The summed E-state index contributed by atoms with van der Waals surface area (Å²) < 4.78 is -0.129. The Kier molecular flexibility index (Phi) is 1.95. The maximum Gasteiger partial charge on any atom is 0.229 e. The van der Waals surface area contributed by atoms with E-state index >= 15 is 0 Å². The minimum Gasteiger partial charge on any atom is -0.281 e. The zero-order valence-corrected chi connectivity index (χ0v) is 6.13. The van der Waals surface area contributed by atoms with Gasteiger partial charge in [-0.25, -0.2) is 0 Å². The minimum absolute atomic E-state index is 0.129. The van der Waals surface area contributed by atoms with Gasteiger partial charge in [-0.05, 0) is 28.1 Å². The number of hydrogen-bond acceptors (Lipinski definition) is 2. The van der Waals surface area contributed by atoms with Gasteiger partial charge < -0.3 is 0 Å². The van der Waals surface area contributed by atoms with Crippen molar-refractivity contribution in [2.45, 2.75) is 0 Å². The third-order valence-corrected chi connectivity index (χ3v) is 1.35. The quantitative estimate of drug-likeness (QED) is 0.623. The molecule has 46 valence electrons. The molecule has 0 aliphatic rings. The molecule has 3 heteroatoms. The highest BCUT2D eigenvalue weighted by Gasteiger charge is 1.96. The van der Waals surface area contributed by atoms with Gasteiger partial charge in [-0.2, -0.15) is 0 Å². The summed E-state index contributed by atoms with van der Waals surface area (Å²) in [5, 5.41) is 0. The molecule has 0 amide bonds. The molecule has 0 aliphatic heterocycles. The number of aromatic nitrogens is 1. The summed E-state index contributed by atoms with van der Waals surface area (Å²) in [6.45, 7) is 0. The molecular formula is C6H4BrNO. The average molecular weight is 186 g/mol. The fraction of sp³-hybridized carbons (Fsp3) is 0. The van der Waals surface area contributed by atoms with Crippen molar-refractivity contribution in [3.8, 4) is 0 Å². The van der Waals surface area contributed by atoms with Crippen molar-refractivity contribution in [1.29, 1.82) is 0 Å². The van der Waals surface area contributed by atoms with E-state index in [1.165, 1.54) is 6.20 Å². The van der Waals surface area contributed by atoms with E-state index < -0.39 is 0 Å². The van der Waals surface area contributed by atoms with Crippen LogP contribution >= 0.6 is 15.9 Å². The lowest BCUT2D eigenvalue weighted by Gasteiger charge is -1.87. The topological polar surface area (TPSA) is 30.0 Å². The third kappa shape index (κ3) is 1.61. The molecule has 0 aliphatic carbocycles. The van der Waals surface area contributed by atoms with Gasteiger partial charge in [0.25, 0.3) is 0 Å². The molecule has 1 heterocycles. The van der Waals surface area contributed by atoms with Crippen LogP contribution in [0, 0.1) is 0 Å². The number of carbonyl (C=O) groups is 1. The van der Waals surface area contributed by atoms with Crippen LogP contribution < -0.4 is 0 Å². The highest BCUT2D eigenvalue weighted by atomic mass is 79.9. The average Bonchev–Trinajstić information content (AvgIpc) is 1.90. The third-order valence-electron chi connectivity index (χ3n) is 0.888. The van der Waals surface area contributed by atoms with E-state index in [4.69, 9.17) is 0 Å². The van der Waals surface area contributed by atoms with E-state index in [2.05, 4.69) is 20.9 Å². The van der Waals surface area contributed by atoms with Crippen LogP contribution in [0.1, 0.15) is 10.4 Å². The van der Waals surface area contributed by atoms with E-state index in [-0.39, 0.29) is 4.69 Å². The molecule has 0 spiro atoms. The van der Waals surface area contributed by atoms with Crippen molar-refractivity contribution in [3.63, 3.8) is 0 Å². The van der Waals surface area contributed by atoms with E-state index in [9.17, 15) is 4.79 Å². The summed E-state index contributed by atoms with van der Waals surface area (Å²) in [5.74, 6) is 0. The van der Waals surface area contributed by atoms with Crippen molar-refractivity contribution in [2.24, 2.45) is 0 Å². The van der Waals surface area contributed by atoms with Crippen molar-refractivity contribution >= 4 is 20.6 Å². The lowest BCUT2D eigenvalue weighted by Crippen LogP contribution is -1.86. The molecule has 0 saturated carbocycles. The number of hydrogen-bond donors (Lipinski definition) is 0. The van der Waals surface area contributed by atoms with Crippen LogP contribution in [0.4, 0.5) is 0 Å². The van der Waals surface area contributed by atoms with Gasteiger partial charge in [0.15, 0.2) is 0 Å². The van der Waals surface area contributed by atoms with Gasteiger partial charge in [-0.1, -0.05) is 0 Å². The fourth-order valence-corrected chi connectivity index (χ4v) is 0.714. The Bertz CT molecular complexity index is 210. The molecule has 1 aromatic heterocycles. The van der Waals surface area contributed by atoms with E-state index in [1.54, 1.807) is 18.3 Å². The van der Waals surface area contributed by atoms with Crippen molar-refractivity contribution in [2.75, 3.05) is 0 Å². The first-order chi connectivity index (χ1) is 4.30. The van der Waals surface area contributed by atoms with Crippen molar-refractivity contribution in [1.82, 2.24) is 4.98 Å². The van der Waals surface area contributed by atoms with Gasteiger partial charge in [0, 0.05) is 18.0 Å². The highest BCUT2D eigenvalue weighted by Crippen LogP contribution is 2.01. The Labute approximate surface area is 61.0 Å². The summed E-state index contributed by atoms with van der Waals surface area (Å²) in [4.78, 5) is 14.3. The lowest BCUT2D eigenvalue weighted by molar-refractivity contribution is 0.109. The number of rotatable bonds is 1. The van der Waals surface area contributed by atoms with Gasteiger partial charge in [0.05, 0.1) is 0 Å². The largest absolute Gasteiger partial charge is 0.281 e. The fourth-order valence-electron chi connectivity index (χ4n) is 0.479. The molecule has 2 nitrogen and oxygen atoms in total. The first-order valence-corrected chi connectivity index (χ1v) is 3.20. The van der Waals surface area contributed by atoms with Crippen LogP contribution in [0.3, 0.4) is 0 Å². The van der Waals surface area contributed by atoms with E-state index in [0.717, 1.165) is 0 Å². The van der Waals surface area contributed by atoms with E-state index in [1.807, 2.05) is 0 Å². The minimum atomic E-state index is -0.129. The number of pyridine rings is 1. The molecular weight excluding hydrogens is 182 g/mol. The highest BCUT2D eigenvalue weighted by molar-refractivity contribution is 9.18. The van der Waals surface area contributed by atoms with Gasteiger partial charge in [-0.3, -0.25) is 9.78 Å². The van der Waals surface area contributed by atoms with Crippen molar-refractivity contribution < 1.29 is 4.79 Å². The SMILES string of the molecule is O=C(Br)c1cccnc1.